The number of H-pyrrole nitrogens is 1. The summed E-state index contributed by atoms with van der Waals surface area (Å²) in [6, 6.07) is 18.2. The van der Waals surface area contributed by atoms with Crippen LogP contribution in [0.1, 0.15) is 27.9 Å². The highest BCUT2D eigenvalue weighted by Crippen LogP contribution is 2.28. The van der Waals surface area contributed by atoms with Crippen molar-refractivity contribution in [3.63, 3.8) is 0 Å². The van der Waals surface area contributed by atoms with E-state index in [-0.39, 0.29) is 11.9 Å². The summed E-state index contributed by atoms with van der Waals surface area (Å²) in [6.45, 7) is 3.93. The zero-order valence-electron chi connectivity index (χ0n) is 15.3. The normalized spacial score (nSPS) is 12.2. The number of benzene rings is 2. The van der Waals surface area contributed by atoms with Crippen LogP contribution >= 0.6 is 11.3 Å². The Hall–Kier alpha value is -2.92. The molecule has 2 aromatic heterocycles. The third-order valence-corrected chi connectivity index (χ3v) is 5.81. The number of rotatable bonds is 5. The summed E-state index contributed by atoms with van der Waals surface area (Å²) in [5.41, 5.74) is 4.15. The molecule has 0 fully saturated rings. The highest BCUT2D eigenvalue weighted by atomic mass is 32.1. The van der Waals surface area contributed by atoms with Crippen LogP contribution in [0.5, 0.6) is 0 Å². The second-order valence-corrected chi connectivity index (χ2v) is 7.74. The standard InChI is InChI=1S/C22H21N3OS/c1-14(12-17-13-23-19-11-7-6-10-18(17)19)24-21(26)20-15(2)25-22(27-20)16-8-4-3-5-9-16/h3-11,13-14,23H,12H2,1-2H3,(H,24,26)/t14-/m0/s1. The maximum absolute atomic E-state index is 12.8. The van der Waals surface area contributed by atoms with E-state index in [1.807, 2.05) is 62.5 Å². The summed E-state index contributed by atoms with van der Waals surface area (Å²) >= 11 is 1.44. The first-order chi connectivity index (χ1) is 13.1. The van der Waals surface area contributed by atoms with Crippen molar-refractivity contribution in [3.8, 4) is 10.6 Å². The van der Waals surface area contributed by atoms with Crippen LogP contribution in [0.25, 0.3) is 21.5 Å². The van der Waals surface area contributed by atoms with E-state index in [0.717, 1.165) is 28.2 Å². The maximum atomic E-state index is 12.8. The zero-order chi connectivity index (χ0) is 18.8. The Morgan fingerprint density at radius 3 is 2.70 bits per heavy atom. The van der Waals surface area contributed by atoms with Gasteiger partial charge in [0.1, 0.15) is 9.88 Å². The minimum absolute atomic E-state index is 0.0263. The molecular formula is C22H21N3OS. The third kappa shape index (κ3) is 3.64. The van der Waals surface area contributed by atoms with Gasteiger partial charge in [0.15, 0.2) is 0 Å². The smallest absolute Gasteiger partial charge is 0.263 e. The molecule has 0 spiro atoms. The molecule has 0 aliphatic heterocycles. The molecule has 0 bridgehead atoms. The lowest BCUT2D eigenvalue weighted by Crippen LogP contribution is -2.33. The first-order valence-corrected chi connectivity index (χ1v) is 9.82. The van der Waals surface area contributed by atoms with Crippen LogP contribution in [0.3, 0.4) is 0 Å². The number of thiazole rings is 1. The number of aromatic nitrogens is 2. The lowest BCUT2D eigenvalue weighted by molar-refractivity contribution is 0.0943. The lowest BCUT2D eigenvalue weighted by Gasteiger charge is -2.13. The van der Waals surface area contributed by atoms with Crippen LogP contribution in [0.2, 0.25) is 0 Å². The van der Waals surface area contributed by atoms with Gasteiger partial charge in [-0.3, -0.25) is 4.79 Å². The Morgan fingerprint density at radius 2 is 1.89 bits per heavy atom. The predicted molar refractivity (Wildman–Crippen MR) is 111 cm³/mol. The Balaban J connectivity index is 1.48. The SMILES string of the molecule is Cc1nc(-c2ccccc2)sc1C(=O)N[C@@H](C)Cc1c[nH]c2ccccc12. The van der Waals surface area contributed by atoms with Gasteiger partial charge in [-0.2, -0.15) is 0 Å². The summed E-state index contributed by atoms with van der Waals surface area (Å²) in [4.78, 5) is 21.3. The molecule has 0 radical (unpaired) electrons. The Bertz CT molecular complexity index is 1080. The third-order valence-electron chi connectivity index (χ3n) is 4.60. The minimum Gasteiger partial charge on any atom is -0.361 e. The number of hydrogen-bond donors (Lipinski definition) is 2. The Labute approximate surface area is 162 Å². The fourth-order valence-corrected chi connectivity index (χ4v) is 4.26. The van der Waals surface area contributed by atoms with Gasteiger partial charge in [-0.25, -0.2) is 4.98 Å². The van der Waals surface area contributed by atoms with Crippen LogP contribution in [0, 0.1) is 6.92 Å². The number of aryl methyl sites for hydroxylation is 1. The van der Waals surface area contributed by atoms with E-state index >= 15 is 0 Å². The van der Waals surface area contributed by atoms with E-state index in [1.165, 1.54) is 22.3 Å². The molecule has 4 nitrogen and oxygen atoms in total. The van der Waals surface area contributed by atoms with Crippen LogP contribution in [-0.4, -0.2) is 21.9 Å². The number of hydrogen-bond acceptors (Lipinski definition) is 3. The molecule has 27 heavy (non-hydrogen) atoms. The Morgan fingerprint density at radius 1 is 1.15 bits per heavy atom. The van der Waals surface area contributed by atoms with Crippen molar-refractivity contribution < 1.29 is 4.79 Å². The van der Waals surface area contributed by atoms with Crippen molar-refractivity contribution in [3.05, 3.63) is 76.9 Å². The highest BCUT2D eigenvalue weighted by molar-refractivity contribution is 7.17. The van der Waals surface area contributed by atoms with E-state index in [1.54, 1.807) is 0 Å². The topological polar surface area (TPSA) is 57.8 Å². The molecule has 136 valence electrons. The number of aromatic amines is 1. The van der Waals surface area contributed by atoms with Gasteiger partial charge < -0.3 is 10.3 Å². The Kier molecular flexibility index (Phi) is 4.77. The van der Waals surface area contributed by atoms with Gasteiger partial charge in [-0.1, -0.05) is 48.5 Å². The van der Waals surface area contributed by atoms with Crippen LogP contribution < -0.4 is 5.32 Å². The van der Waals surface area contributed by atoms with Gasteiger partial charge in [0.2, 0.25) is 0 Å². The molecule has 0 saturated heterocycles. The fourth-order valence-electron chi connectivity index (χ4n) is 3.28. The number of carbonyl (C=O) groups is 1. The average Bonchev–Trinajstić information content (AvgIpc) is 3.26. The maximum Gasteiger partial charge on any atom is 0.263 e. The number of fused-ring (bicyclic) bond motifs is 1. The first kappa shape index (κ1) is 17.5. The number of carbonyl (C=O) groups excluding carboxylic acids is 1. The van der Waals surface area contributed by atoms with E-state index in [2.05, 4.69) is 27.4 Å². The van der Waals surface area contributed by atoms with Gasteiger partial charge in [-0.15, -0.1) is 11.3 Å². The molecular weight excluding hydrogens is 354 g/mol. The van der Waals surface area contributed by atoms with Crippen LogP contribution in [-0.2, 0) is 6.42 Å². The van der Waals surface area contributed by atoms with E-state index < -0.39 is 0 Å². The van der Waals surface area contributed by atoms with Crippen molar-refractivity contribution >= 4 is 28.1 Å². The van der Waals surface area contributed by atoms with Crippen molar-refractivity contribution in [1.82, 2.24) is 15.3 Å². The van der Waals surface area contributed by atoms with Crippen molar-refractivity contribution in [2.45, 2.75) is 26.3 Å². The van der Waals surface area contributed by atoms with Gasteiger partial charge in [0.25, 0.3) is 5.91 Å². The highest BCUT2D eigenvalue weighted by Gasteiger charge is 2.18. The van der Waals surface area contributed by atoms with E-state index in [9.17, 15) is 4.79 Å². The van der Waals surface area contributed by atoms with Crippen molar-refractivity contribution in [2.24, 2.45) is 0 Å². The van der Waals surface area contributed by atoms with Gasteiger partial charge in [0, 0.05) is 28.7 Å². The van der Waals surface area contributed by atoms with E-state index in [4.69, 9.17) is 0 Å². The summed E-state index contributed by atoms with van der Waals surface area (Å²) in [7, 11) is 0. The van der Waals surface area contributed by atoms with Gasteiger partial charge in [0.05, 0.1) is 5.69 Å². The molecule has 1 atom stereocenters. The van der Waals surface area contributed by atoms with Crippen molar-refractivity contribution in [1.29, 1.82) is 0 Å². The molecule has 2 aromatic carbocycles. The fraction of sp³-hybridized carbons (Fsp3) is 0.182. The number of amides is 1. The van der Waals surface area contributed by atoms with Crippen molar-refractivity contribution in [2.75, 3.05) is 0 Å². The van der Waals surface area contributed by atoms with Crippen LogP contribution in [0.15, 0.2) is 60.8 Å². The molecule has 2 N–H and O–H groups in total. The summed E-state index contributed by atoms with van der Waals surface area (Å²) < 4.78 is 0. The van der Waals surface area contributed by atoms with Gasteiger partial charge >= 0.3 is 0 Å². The number of nitrogens with one attached hydrogen (secondary N) is 2. The summed E-state index contributed by atoms with van der Waals surface area (Å²) in [6.07, 6.45) is 2.80. The predicted octanol–water partition coefficient (Wildman–Crippen LogP) is 4.96. The number of para-hydroxylation sites is 1. The first-order valence-electron chi connectivity index (χ1n) is 9.00. The molecule has 1 amide bonds. The van der Waals surface area contributed by atoms with E-state index in [0.29, 0.717) is 4.88 Å². The quantitative estimate of drug-likeness (QED) is 0.518. The van der Waals surface area contributed by atoms with Gasteiger partial charge in [-0.05, 0) is 31.9 Å². The monoisotopic (exact) mass is 375 g/mol. The summed E-state index contributed by atoms with van der Waals surface area (Å²) in [5, 5.41) is 5.21. The molecule has 0 saturated carbocycles. The zero-order valence-corrected chi connectivity index (χ0v) is 16.1. The average molecular weight is 375 g/mol. The van der Waals surface area contributed by atoms with Crippen LogP contribution in [0.4, 0.5) is 0 Å². The molecule has 4 rings (SSSR count). The minimum atomic E-state index is -0.0560. The second-order valence-electron chi connectivity index (χ2n) is 6.74. The molecule has 2 heterocycles. The number of nitrogens with zero attached hydrogens (tertiary/aromatic N) is 1. The lowest BCUT2D eigenvalue weighted by atomic mass is 10.1. The largest absolute Gasteiger partial charge is 0.361 e. The molecule has 0 aliphatic carbocycles. The summed E-state index contributed by atoms with van der Waals surface area (Å²) in [5.74, 6) is -0.0560. The molecule has 4 aromatic rings. The molecule has 5 heteroatoms. The molecule has 0 aliphatic rings. The molecule has 0 unspecified atom stereocenters. The second kappa shape index (κ2) is 7.37.